The van der Waals surface area contributed by atoms with Crippen molar-refractivity contribution in [2.45, 2.75) is 53.2 Å². The Labute approximate surface area is 139 Å². The normalized spacial score (nSPS) is 12.3. The number of nitrogens with zero attached hydrogens (tertiary/aromatic N) is 1. The number of hydrogen-bond acceptors (Lipinski definition) is 4. The second kappa shape index (κ2) is 9.30. The monoisotopic (exact) mass is 320 g/mol. The fourth-order valence-corrected chi connectivity index (χ4v) is 2.43. The van der Waals surface area contributed by atoms with Crippen molar-refractivity contribution in [3.8, 4) is 0 Å². The van der Waals surface area contributed by atoms with Crippen LogP contribution in [0.5, 0.6) is 0 Å². The fraction of sp³-hybridized carbons (Fsp3) is 0.556. The Balaban J connectivity index is 2.57. The number of carbonyl (C=O) groups excluding carboxylic acids is 2. The topological polar surface area (TPSA) is 58.6 Å². The van der Waals surface area contributed by atoms with Crippen molar-refractivity contribution in [2.75, 3.05) is 18.4 Å². The van der Waals surface area contributed by atoms with Crippen molar-refractivity contribution in [3.05, 3.63) is 29.8 Å². The average molecular weight is 320 g/mol. The number of anilines is 1. The first-order valence-electron chi connectivity index (χ1n) is 8.22. The van der Waals surface area contributed by atoms with Crippen LogP contribution in [-0.4, -0.2) is 42.0 Å². The molecule has 0 radical (unpaired) electrons. The molecule has 0 saturated heterocycles. The van der Waals surface area contributed by atoms with Gasteiger partial charge in [-0.3, -0.25) is 4.79 Å². The number of rotatable bonds is 8. The van der Waals surface area contributed by atoms with E-state index in [2.05, 4.69) is 31.0 Å². The molecule has 128 valence electrons. The van der Waals surface area contributed by atoms with Crippen LogP contribution in [0.15, 0.2) is 24.3 Å². The molecule has 23 heavy (non-hydrogen) atoms. The molecule has 1 aromatic carbocycles. The minimum atomic E-state index is -0.354. The van der Waals surface area contributed by atoms with Gasteiger partial charge in [-0.15, -0.1) is 0 Å². The number of esters is 1. The second-order valence-electron chi connectivity index (χ2n) is 5.85. The van der Waals surface area contributed by atoms with E-state index in [1.54, 1.807) is 24.3 Å². The zero-order valence-corrected chi connectivity index (χ0v) is 14.8. The first-order valence-corrected chi connectivity index (χ1v) is 8.22. The van der Waals surface area contributed by atoms with Crippen molar-refractivity contribution in [1.29, 1.82) is 0 Å². The highest BCUT2D eigenvalue weighted by Gasteiger charge is 2.15. The lowest BCUT2D eigenvalue weighted by molar-refractivity contribution is -0.117. The molecule has 0 heterocycles. The summed E-state index contributed by atoms with van der Waals surface area (Å²) in [7, 11) is 0. The van der Waals surface area contributed by atoms with E-state index in [9.17, 15) is 9.59 Å². The number of benzene rings is 1. The summed E-state index contributed by atoms with van der Waals surface area (Å²) in [6.07, 6.45) is 0.294. The maximum Gasteiger partial charge on any atom is 0.338 e. The Morgan fingerprint density at radius 2 is 1.65 bits per heavy atom. The van der Waals surface area contributed by atoms with Crippen LogP contribution in [0, 0.1) is 0 Å². The first-order chi connectivity index (χ1) is 10.9. The maximum absolute atomic E-state index is 12.1. The standard InChI is InChI=1S/C18H28N2O3/c1-6-20(7-2)14(5)12-17(21)19-16-10-8-15(9-11-16)18(22)23-13(3)4/h8-11,13-14H,6-7,12H2,1-5H3,(H,19,21). The molecule has 0 fully saturated rings. The van der Waals surface area contributed by atoms with Gasteiger partial charge in [0, 0.05) is 18.2 Å². The van der Waals surface area contributed by atoms with Crippen LogP contribution in [0.2, 0.25) is 0 Å². The molecule has 1 aromatic rings. The third kappa shape index (κ3) is 6.40. The van der Waals surface area contributed by atoms with E-state index in [0.29, 0.717) is 17.7 Å². The predicted molar refractivity (Wildman–Crippen MR) is 92.6 cm³/mol. The molecule has 0 aliphatic heterocycles. The van der Waals surface area contributed by atoms with Gasteiger partial charge in [0.05, 0.1) is 11.7 Å². The van der Waals surface area contributed by atoms with E-state index in [-0.39, 0.29) is 24.0 Å². The molecule has 1 rings (SSSR count). The van der Waals surface area contributed by atoms with Gasteiger partial charge in [0.2, 0.25) is 5.91 Å². The van der Waals surface area contributed by atoms with Crippen LogP contribution in [0.1, 0.15) is 51.4 Å². The van der Waals surface area contributed by atoms with Gasteiger partial charge in [0.15, 0.2) is 0 Å². The summed E-state index contributed by atoms with van der Waals surface area (Å²) in [6, 6.07) is 6.96. The number of amides is 1. The van der Waals surface area contributed by atoms with Gasteiger partial charge in [-0.1, -0.05) is 13.8 Å². The van der Waals surface area contributed by atoms with Gasteiger partial charge in [-0.2, -0.15) is 0 Å². The smallest absolute Gasteiger partial charge is 0.338 e. The number of carbonyl (C=O) groups is 2. The summed E-state index contributed by atoms with van der Waals surface area (Å²) in [5, 5.41) is 2.87. The quantitative estimate of drug-likeness (QED) is 0.747. The van der Waals surface area contributed by atoms with E-state index in [4.69, 9.17) is 4.74 Å². The Bertz CT molecular complexity index is 508. The van der Waals surface area contributed by atoms with Crippen LogP contribution in [0.25, 0.3) is 0 Å². The lowest BCUT2D eigenvalue weighted by atomic mass is 10.1. The van der Waals surface area contributed by atoms with Crippen molar-refractivity contribution in [3.63, 3.8) is 0 Å². The first kappa shape index (κ1) is 19.2. The molecule has 1 N–H and O–H groups in total. The van der Waals surface area contributed by atoms with Crippen LogP contribution >= 0.6 is 0 Å². The molecule has 1 amide bonds. The highest BCUT2D eigenvalue weighted by Crippen LogP contribution is 2.13. The molecule has 0 bridgehead atoms. The predicted octanol–water partition coefficient (Wildman–Crippen LogP) is 3.31. The van der Waals surface area contributed by atoms with Crippen LogP contribution in [0.4, 0.5) is 5.69 Å². The second-order valence-corrected chi connectivity index (χ2v) is 5.85. The lowest BCUT2D eigenvalue weighted by Crippen LogP contribution is -2.35. The molecule has 1 atom stereocenters. The van der Waals surface area contributed by atoms with Crippen LogP contribution < -0.4 is 5.32 Å². The lowest BCUT2D eigenvalue weighted by Gasteiger charge is -2.25. The van der Waals surface area contributed by atoms with Gasteiger partial charge < -0.3 is 15.0 Å². The van der Waals surface area contributed by atoms with E-state index in [1.165, 1.54) is 0 Å². The zero-order valence-electron chi connectivity index (χ0n) is 14.8. The van der Waals surface area contributed by atoms with E-state index in [1.807, 2.05) is 13.8 Å². The van der Waals surface area contributed by atoms with Crippen molar-refractivity contribution in [1.82, 2.24) is 4.90 Å². The molecule has 5 nitrogen and oxygen atoms in total. The van der Waals surface area contributed by atoms with Gasteiger partial charge in [0.25, 0.3) is 0 Å². The molecular weight excluding hydrogens is 292 g/mol. The minimum absolute atomic E-state index is 0.0260. The minimum Gasteiger partial charge on any atom is -0.459 e. The Kier molecular flexibility index (Phi) is 7.75. The fourth-order valence-electron chi connectivity index (χ4n) is 2.43. The summed E-state index contributed by atoms with van der Waals surface area (Å²) in [4.78, 5) is 26.1. The third-order valence-corrected chi connectivity index (χ3v) is 3.66. The summed E-state index contributed by atoms with van der Waals surface area (Å²) >= 11 is 0. The molecular formula is C18H28N2O3. The van der Waals surface area contributed by atoms with Crippen LogP contribution in [0.3, 0.4) is 0 Å². The van der Waals surface area contributed by atoms with Crippen molar-refractivity contribution >= 4 is 17.6 Å². The third-order valence-electron chi connectivity index (χ3n) is 3.66. The van der Waals surface area contributed by atoms with Crippen molar-refractivity contribution in [2.24, 2.45) is 0 Å². The van der Waals surface area contributed by atoms with Gasteiger partial charge in [-0.05, 0) is 58.1 Å². The SMILES string of the molecule is CCN(CC)C(C)CC(=O)Nc1ccc(C(=O)OC(C)C)cc1. The number of ether oxygens (including phenoxy) is 1. The molecule has 1 unspecified atom stereocenters. The van der Waals surface area contributed by atoms with Crippen LogP contribution in [-0.2, 0) is 9.53 Å². The summed E-state index contributed by atoms with van der Waals surface area (Å²) in [5.74, 6) is -0.380. The molecule has 0 aromatic heterocycles. The molecule has 0 spiro atoms. The maximum atomic E-state index is 12.1. The number of hydrogen-bond donors (Lipinski definition) is 1. The zero-order chi connectivity index (χ0) is 17.4. The van der Waals surface area contributed by atoms with Gasteiger partial charge in [0.1, 0.15) is 0 Å². The Hall–Kier alpha value is -1.88. The molecule has 0 saturated carbocycles. The van der Waals surface area contributed by atoms with E-state index < -0.39 is 0 Å². The Morgan fingerprint density at radius 3 is 2.13 bits per heavy atom. The largest absolute Gasteiger partial charge is 0.459 e. The van der Waals surface area contributed by atoms with Gasteiger partial charge in [-0.25, -0.2) is 4.79 Å². The van der Waals surface area contributed by atoms with Crippen molar-refractivity contribution < 1.29 is 14.3 Å². The Morgan fingerprint density at radius 1 is 1.09 bits per heavy atom. The highest BCUT2D eigenvalue weighted by atomic mass is 16.5. The summed E-state index contributed by atoms with van der Waals surface area (Å²) in [6.45, 7) is 11.7. The molecule has 0 aliphatic carbocycles. The summed E-state index contributed by atoms with van der Waals surface area (Å²) in [5.41, 5.74) is 1.16. The highest BCUT2D eigenvalue weighted by molar-refractivity contribution is 5.93. The van der Waals surface area contributed by atoms with Gasteiger partial charge >= 0.3 is 5.97 Å². The number of nitrogens with one attached hydrogen (secondary N) is 1. The molecule has 5 heteroatoms. The summed E-state index contributed by atoms with van der Waals surface area (Å²) < 4.78 is 5.13. The molecule has 0 aliphatic rings. The van der Waals surface area contributed by atoms with E-state index in [0.717, 1.165) is 13.1 Å². The van der Waals surface area contributed by atoms with E-state index >= 15 is 0 Å². The average Bonchev–Trinajstić information content (AvgIpc) is 2.48.